The molecule has 2 amide bonds. The van der Waals surface area contributed by atoms with Crippen LogP contribution in [0.2, 0.25) is 0 Å². The fourth-order valence-electron chi connectivity index (χ4n) is 3.08. The molecule has 0 aliphatic heterocycles. The second-order valence-corrected chi connectivity index (χ2v) is 8.17. The van der Waals surface area contributed by atoms with E-state index in [0.717, 1.165) is 23.3 Å². The molecule has 0 atom stereocenters. The molecule has 0 unspecified atom stereocenters. The van der Waals surface area contributed by atoms with Gasteiger partial charge in [-0.1, -0.05) is 56.3 Å². The van der Waals surface area contributed by atoms with Crippen LogP contribution in [0.3, 0.4) is 0 Å². The molecule has 0 radical (unpaired) electrons. The molecule has 0 aromatic heterocycles. The number of carbonyl (C=O) groups excluding carboxylic acids is 2. The summed E-state index contributed by atoms with van der Waals surface area (Å²) in [5.41, 5.74) is 2.41. The van der Waals surface area contributed by atoms with Crippen LogP contribution in [0, 0.1) is 5.92 Å². The maximum Gasteiger partial charge on any atom is 0.251 e. The largest absolute Gasteiger partial charge is 0.457 e. The average molecular weight is 443 g/mol. The number of carbonyl (C=O) groups is 2. The predicted molar refractivity (Wildman–Crippen MR) is 132 cm³/mol. The van der Waals surface area contributed by atoms with E-state index in [1.807, 2.05) is 66.7 Å². The van der Waals surface area contributed by atoms with Gasteiger partial charge < -0.3 is 15.4 Å². The molecular formula is C28H30N2O3. The fourth-order valence-corrected chi connectivity index (χ4v) is 3.08. The molecule has 3 rings (SSSR count). The number of nitrogens with one attached hydrogen (secondary N) is 2. The van der Waals surface area contributed by atoms with Crippen LogP contribution in [-0.2, 0) is 11.3 Å². The topological polar surface area (TPSA) is 67.4 Å². The van der Waals surface area contributed by atoms with E-state index in [1.54, 1.807) is 18.2 Å². The number of benzene rings is 3. The van der Waals surface area contributed by atoms with E-state index in [9.17, 15) is 9.59 Å². The molecule has 3 aromatic carbocycles. The number of hydrogen-bond donors (Lipinski definition) is 2. The third kappa shape index (κ3) is 8.30. The van der Waals surface area contributed by atoms with Crippen LogP contribution >= 0.6 is 0 Å². The zero-order valence-electron chi connectivity index (χ0n) is 19.1. The highest BCUT2D eigenvalue weighted by molar-refractivity contribution is 5.94. The van der Waals surface area contributed by atoms with Gasteiger partial charge in [-0.3, -0.25) is 9.59 Å². The first-order valence-corrected chi connectivity index (χ1v) is 11.2. The maximum atomic E-state index is 12.2. The molecule has 170 valence electrons. The second-order valence-electron chi connectivity index (χ2n) is 8.17. The summed E-state index contributed by atoms with van der Waals surface area (Å²) in [5, 5.41) is 5.78. The molecule has 0 saturated carbocycles. The van der Waals surface area contributed by atoms with E-state index in [0.29, 0.717) is 30.3 Å². The molecule has 0 spiro atoms. The molecular weight excluding hydrogens is 412 g/mol. The Morgan fingerprint density at radius 3 is 2.33 bits per heavy atom. The Balaban J connectivity index is 1.47. The van der Waals surface area contributed by atoms with Crippen molar-refractivity contribution in [2.75, 3.05) is 6.54 Å². The van der Waals surface area contributed by atoms with Gasteiger partial charge in [0.2, 0.25) is 5.91 Å². The molecule has 0 aliphatic rings. The molecule has 0 heterocycles. The van der Waals surface area contributed by atoms with E-state index in [2.05, 4.69) is 24.5 Å². The fraction of sp³-hybridized carbons (Fsp3) is 0.214. The Morgan fingerprint density at radius 2 is 1.61 bits per heavy atom. The van der Waals surface area contributed by atoms with Crippen LogP contribution in [0.15, 0.2) is 84.9 Å². The number of rotatable bonds is 10. The number of para-hydroxylation sites is 1. The van der Waals surface area contributed by atoms with E-state index in [1.165, 1.54) is 6.08 Å². The minimum atomic E-state index is -0.195. The zero-order chi connectivity index (χ0) is 23.5. The first-order valence-electron chi connectivity index (χ1n) is 11.2. The van der Waals surface area contributed by atoms with Crippen LogP contribution in [0.25, 0.3) is 6.08 Å². The Bertz CT molecular complexity index is 1070. The van der Waals surface area contributed by atoms with Crippen molar-refractivity contribution in [1.82, 2.24) is 10.6 Å². The quantitative estimate of drug-likeness (QED) is 0.403. The lowest BCUT2D eigenvalue weighted by atomic mass is 10.1. The van der Waals surface area contributed by atoms with E-state index in [4.69, 9.17) is 4.74 Å². The van der Waals surface area contributed by atoms with Gasteiger partial charge in [0.25, 0.3) is 5.91 Å². The van der Waals surface area contributed by atoms with Crippen molar-refractivity contribution in [2.45, 2.75) is 26.8 Å². The van der Waals surface area contributed by atoms with E-state index < -0.39 is 0 Å². The van der Waals surface area contributed by atoms with Gasteiger partial charge in [-0.05, 0) is 65.9 Å². The average Bonchev–Trinajstić information content (AvgIpc) is 2.82. The maximum absolute atomic E-state index is 12.2. The van der Waals surface area contributed by atoms with Crippen molar-refractivity contribution in [3.8, 4) is 11.5 Å². The lowest BCUT2D eigenvalue weighted by Gasteiger charge is -2.08. The van der Waals surface area contributed by atoms with E-state index in [-0.39, 0.29) is 11.8 Å². The molecule has 2 N–H and O–H groups in total. The molecule has 0 bridgehead atoms. The molecule has 0 fully saturated rings. The highest BCUT2D eigenvalue weighted by atomic mass is 16.5. The molecule has 5 nitrogen and oxygen atoms in total. The van der Waals surface area contributed by atoms with E-state index >= 15 is 0 Å². The minimum Gasteiger partial charge on any atom is -0.457 e. The summed E-state index contributed by atoms with van der Waals surface area (Å²) in [6.07, 6.45) is 4.20. The lowest BCUT2D eigenvalue weighted by Crippen LogP contribution is -2.25. The first kappa shape index (κ1) is 23.8. The minimum absolute atomic E-state index is 0.0763. The van der Waals surface area contributed by atoms with Crippen molar-refractivity contribution in [3.63, 3.8) is 0 Å². The summed E-state index contributed by atoms with van der Waals surface area (Å²) in [4.78, 5) is 24.4. The van der Waals surface area contributed by atoms with Gasteiger partial charge >= 0.3 is 0 Å². The molecule has 5 heteroatoms. The van der Waals surface area contributed by atoms with Crippen molar-refractivity contribution in [2.24, 2.45) is 5.92 Å². The van der Waals surface area contributed by atoms with Gasteiger partial charge in [0, 0.05) is 24.7 Å². The Hall–Kier alpha value is -3.86. The van der Waals surface area contributed by atoms with Crippen molar-refractivity contribution < 1.29 is 14.3 Å². The van der Waals surface area contributed by atoms with Crippen molar-refractivity contribution in [3.05, 3.63) is 102 Å². The highest BCUT2D eigenvalue weighted by Crippen LogP contribution is 2.22. The summed E-state index contributed by atoms with van der Waals surface area (Å²) in [7, 11) is 0. The number of ether oxygens (including phenoxy) is 1. The first-order chi connectivity index (χ1) is 16.0. The summed E-state index contributed by atoms with van der Waals surface area (Å²) < 4.78 is 5.83. The van der Waals surface area contributed by atoms with Gasteiger partial charge in [0.15, 0.2) is 0 Å². The third-order valence-electron chi connectivity index (χ3n) is 4.95. The van der Waals surface area contributed by atoms with Crippen LogP contribution in [-0.4, -0.2) is 18.4 Å². The smallest absolute Gasteiger partial charge is 0.251 e. The predicted octanol–water partition coefficient (Wildman–Crippen LogP) is 5.58. The number of hydrogen-bond acceptors (Lipinski definition) is 3. The van der Waals surface area contributed by atoms with Gasteiger partial charge in [0.1, 0.15) is 11.5 Å². The van der Waals surface area contributed by atoms with Crippen LogP contribution < -0.4 is 15.4 Å². The third-order valence-corrected chi connectivity index (χ3v) is 4.95. The van der Waals surface area contributed by atoms with Crippen LogP contribution in [0.4, 0.5) is 0 Å². The molecule has 3 aromatic rings. The normalized spacial score (nSPS) is 10.9. The van der Waals surface area contributed by atoms with Gasteiger partial charge in [-0.2, -0.15) is 0 Å². The molecule has 0 saturated heterocycles. The standard InChI is InChI=1S/C28H30N2O3/c1-21(2)17-18-29-28(32)24-14-11-23(12-15-24)20-30-27(31)16-13-22-7-6-10-26(19-22)33-25-8-4-3-5-9-25/h3-16,19,21H,17-18,20H2,1-2H3,(H,29,32)(H,30,31). The summed E-state index contributed by atoms with van der Waals surface area (Å²) in [6, 6.07) is 24.4. The molecule has 0 aliphatic carbocycles. The molecule has 33 heavy (non-hydrogen) atoms. The summed E-state index contributed by atoms with van der Waals surface area (Å²) in [5.74, 6) is 1.75. The lowest BCUT2D eigenvalue weighted by molar-refractivity contribution is -0.116. The second kappa shape index (κ2) is 12.2. The van der Waals surface area contributed by atoms with Crippen LogP contribution in [0.5, 0.6) is 11.5 Å². The Morgan fingerprint density at radius 1 is 0.879 bits per heavy atom. The van der Waals surface area contributed by atoms with Gasteiger partial charge in [0.05, 0.1) is 0 Å². The van der Waals surface area contributed by atoms with Crippen LogP contribution in [0.1, 0.15) is 41.8 Å². The SMILES string of the molecule is CC(C)CCNC(=O)c1ccc(CNC(=O)C=Cc2cccc(Oc3ccccc3)c2)cc1. The zero-order valence-corrected chi connectivity index (χ0v) is 19.1. The Kier molecular flexibility index (Phi) is 8.83. The van der Waals surface area contributed by atoms with Crippen molar-refractivity contribution >= 4 is 17.9 Å². The monoisotopic (exact) mass is 442 g/mol. The number of amides is 2. The van der Waals surface area contributed by atoms with Crippen molar-refractivity contribution in [1.29, 1.82) is 0 Å². The highest BCUT2D eigenvalue weighted by Gasteiger charge is 2.06. The van der Waals surface area contributed by atoms with Gasteiger partial charge in [-0.25, -0.2) is 0 Å². The summed E-state index contributed by atoms with van der Waals surface area (Å²) in [6.45, 7) is 5.31. The summed E-state index contributed by atoms with van der Waals surface area (Å²) >= 11 is 0. The Labute approximate surface area is 195 Å². The van der Waals surface area contributed by atoms with Gasteiger partial charge in [-0.15, -0.1) is 0 Å².